The Bertz CT molecular complexity index is 1490. The van der Waals surface area contributed by atoms with E-state index in [1.165, 1.54) is 11.0 Å². The van der Waals surface area contributed by atoms with Crippen molar-refractivity contribution in [2.24, 2.45) is 0 Å². The molecule has 3 aromatic rings. The van der Waals surface area contributed by atoms with Crippen molar-refractivity contribution in [2.75, 3.05) is 17.1 Å². The van der Waals surface area contributed by atoms with Gasteiger partial charge >= 0.3 is 0 Å². The lowest BCUT2D eigenvalue weighted by Crippen LogP contribution is -2.55. The minimum Gasteiger partial charge on any atom is -0.352 e. The minimum atomic E-state index is -3.90. The summed E-state index contributed by atoms with van der Waals surface area (Å²) in [7, 11) is -3.90. The molecule has 0 spiro atoms. The van der Waals surface area contributed by atoms with Crippen LogP contribution in [0.1, 0.15) is 68.6 Å². The zero-order valence-corrected chi connectivity index (χ0v) is 26.0. The van der Waals surface area contributed by atoms with Gasteiger partial charge in [0, 0.05) is 24.6 Å². The second-order valence-corrected chi connectivity index (χ2v) is 13.6. The standard InChI is InChI=1S/C34H42FN3O4S/c1-25(2)29-19-11-13-21-31(29)38(43(3,41)42)24-33(39)37(23-27-16-10-12-20-30(27)35)32(22-26-14-6-4-7-15-26)34(40)36-28-17-8-5-9-18-28/h4,6-7,10-16,19-21,25,28,32H,5,8-9,17-18,22-24H2,1-3H3,(H,36,40). The number of anilines is 1. The number of nitrogens with one attached hydrogen (secondary N) is 1. The molecule has 1 saturated carbocycles. The molecular formula is C34H42FN3O4S. The van der Waals surface area contributed by atoms with Crippen molar-refractivity contribution in [3.63, 3.8) is 0 Å². The van der Waals surface area contributed by atoms with Gasteiger partial charge in [0.2, 0.25) is 21.8 Å². The van der Waals surface area contributed by atoms with Crippen LogP contribution in [0.5, 0.6) is 0 Å². The Balaban J connectivity index is 1.76. The number of nitrogens with zero attached hydrogens (tertiary/aromatic N) is 2. The van der Waals surface area contributed by atoms with E-state index in [2.05, 4.69) is 5.32 Å². The summed E-state index contributed by atoms with van der Waals surface area (Å²) in [6, 6.07) is 21.6. The molecule has 1 aliphatic carbocycles. The first-order valence-electron chi connectivity index (χ1n) is 15.0. The highest BCUT2D eigenvalue weighted by Crippen LogP contribution is 2.29. The van der Waals surface area contributed by atoms with Gasteiger partial charge in [-0.2, -0.15) is 0 Å². The summed E-state index contributed by atoms with van der Waals surface area (Å²) in [6.07, 6.45) is 6.14. The predicted molar refractivity (Wildman–Crippen MR) is 169 cm³/mol. The number of carbonyl (C=O) groups is 2. The van der Waals surface area contributed by atoms with E-state index in [0.717, 1.165) is 53.8 Å². The minimum absolute atomic E-state index is 0.00262. The number of amides is 2. The second-order valence-electron chi connectivity index (χ2n) is 11.6. The lowest BCUT2D eigenvalue weighted by Gasteiger charge is -2.35. The quantitative estimate of drug-likeness (QED) is 0.282. The zero-order chi connectivity index (χ0) is 31.0. The molecule has 1 aliphatic rings. The Kier molecular flexibility index (Phi) is 11.0. The van der Waals surface area contributed by atoms with Crippen molar-refractivity contribution in [3.8, 4) is 0 Å². The fourth-order valence-corrected chi connectivity index (χ4v) is 6.57. The Morgan fingerprint density at radius 1 is 0.907 bits per heavy atom. The van der Waals surface area contributed by atoms with Crippen LogP contribution in [0.2, 0.25) is 0 Å². The molecule has 0 bridgehead atoms. The average molecular weight is 608 g/mol. The molecule has 0 radical (unpaired) electrons. The molecule has 2 amide bonds. The van der Waals surface area contributed by atoms with Crippen LogP contribution in [-0.2, 0) is 32.6 Å². The number of hydrogen-bond acceptors (Lipinski definition) is 4. The summed E-state index contributed by atoms with van der Waals surface area (Å²) in [5.41, 5.74) is 2.26. The molecular weight excluding hydrogens is 565 g/mol. The number of carbonyl (C=O) groups excluding carboxylic acids is 2. The lowest BCUT2D eigenvalue weighted by atomic mass is 9.94. The molecule has 1 atom stereocenters. The summed E-state index contributed by atoms with van der Waals surface area (Å²) < 4.78 is 42.4. The van der Waals surface area contributed by atoms with Crippen molar-refractivity contribution in [2.45, 2.75) is 76.9 Å². The molecule has 43 heavy (non-hydrogen) atoms. The van der Waals surface area contributed by atoms with Gasteiger partial charge in [-0.1, -0.05) is 99.8 Å². The number of rotatable bonds is 12. The molecule has 1 unspecified atom stereocenters. The van der Waals surface area contributed by atoms with Gasteiger partial charge in [0.25, 0.3) is 0 Å². The average Bonchev–Trinajstić information content (AvgIpc) is 2.99. The lowest BCUT2D eigenvalue weighted by molar-refractivity contribution is -0.140. The van der Waals surface area contributed by atoms with Gasteiger partial charge in [-0.25, -0.2) is 12.8 Å². The molecule has 4 rings (SSSR count). The fourth-order valence-electron chi connectivity index (χ4n) is 5.71. The van der Waals surface area contributed by atoms with Gasteiger partial charge in [-0.3, -0.25) is 13.9 Å². The molecule has 230 valence electrons. The van der Waals surface area contributed by atoms with Crippen molar-refractivity contribution >= 4 is 27.5 Å². The molecule has 1 N–H and O–H groups in total. The summed E-state index contributed by atoms with van der Waals surface area (Å²) in [5.74, 6) is -1.42. The van der Waals surface area contributed by atoms with Gasteiger partial charge < -0.3 is 10.2 Å². The van der Waals surface area contributed by atoms with E-state index in [1.54, 1.807) is 30.3 Å². The van der Waals surface area contributed by atoms with Crippen molar-refractivity contribution < 1.29 is 22.4 Å². The van der Waals surface area contributed by atoms with Crippen molar-refractivity contribution in [1.82, 2.24) is 10.2 Å². The number of para-hydroxylation sites is 1. The van der Waals surface area contributed by atoms with Crippen LogP contribution < -0.4 is 9.62 Å². The van der Waals surface area contributed by atoms with Gasteiger partial charge in [0.1, 0.15) is 18.4 Å². The maximum absolute atomic E-state index is 15.0. The summed E-state index contributed by atoms with van der Waals surface area (Å²) in [4.78, 5) is 29.7. The van der Waals surface area contributed by atoms with E-state index in [4.69, 9.17) is 0 Å². The van der Waals surface area contributed by atoms with Gasteiger partial charge in [-0.05, 0) is 42.0 Å². The molecule has 0 heterocycles. The molecule has 7 nitrogen and oxygen atoms in total. The van der Waals surface area contributed by atoms with Crippen molar-refractivity contribution in [3.05, 3.63) is 101 Å². The van der Waals surface area contributed by atoms with Crippen LogP contribution in [0, 0.1) is 5.82 Å². The smallest absolute Gasteiger partial charge is 0.244 e. The van der Waals surface area contributed by atoms with E-state index >= 15 is 0 Å². The van der Waals surface area contributed by atoms with Crippen LogP contribution in [0.4, 0.5) is 10.1 Å². The van der Waals surface area contributed by atoms with Gasteiger partial charge in [0.15, 0.2) is 0 Å². The van der Waals surface area contributed by atoms with Gasteiger partial charge in [-0.15, -0.1) is 0 Å². The van der Waals surface area contributed by atoms with Crippen LogP contribution in [-0.4, -0.2) is 50.0 Å². The molecule has 3 aromatic carbocycles. The van der Waals surface area contributed by atoms with E-state index in [0.29, 0.717) is 5.69 Å². The highest BCUT2D eigenvalue weighted by molar-refractivity contribution is 7.92. The molecule has 9 heteroatoms. The third-order valence-electron chi connectivity index (χ3n) is 8.03. The van der Waals surface area contributed by atoms with Crippen molar-refractivity contribution in [1.29, 1.82) is 0 Å². The largest absolute Gasteiger partial charge is 0.352 e. The van der Waals surface area contributed by atoms with Crippen LogP contribution in [0.15, 0.2) is 78.9 Å². The van der Waals surface area contributed by atoms with E-state index in [-0.39, 0.29) is 36.4 Å². The van der Waals surface area contributed by atoms with E-state index < -0.39 is 34.3 Å². The Morgan fingerprint density at radius 3 is 2.19 bits per heavy atom. The maximum Gasteiger partial charge on any atom is 0.244 e. The topological polar surface area (TPSA) is 86.8 Å². The number of halogens is 1. The highest BCUT2D eigenvalue weighted by atomic mass is 32.2. The molecule has 0 aliphatic heterocycles. The number of hydrogen-bond donors (Lipinski definition) is 1. The Labute approximate surface area is 255 Å². The van der Waals surface area contributed by atoms with Crippen LogP contribution in [0.25, 0.3) is 0 Å². The molecule has 1 fully saturated rings. The fraction of sp³-hybridized carbons (Fsp3) is 0.412. The second kappa shape index (κ2) is 14.6. The normalized spacial score (nSPS) is 14.7. The third kappa shape index (κ3) is 8.66. The van der Waals surface area contributed by atoms with Gasteiger partial charge in [0.05, 0.1) is 11.9 Å². The first-order chi connectivity index (χ1) is 20.5. The first kappa shape index (κ1) is 32.2. The molecule has 0 aromatic heterocycles. The first-order valence-corrected chi connectivity index (χ1v) is 16.8. The summed E-state index contributed by atoms with van der Waals surface area (Å²) in [6.45, 7) is 3.19. The summed E-state index contributed by atoms with van der Waals surface area (Å²) in [5, 5.41) is 3.16. The number of sulfonamides is 1. The van der Waals surface area contributed by atoms with Crippen LogP contribution >= 0.6 is 0 Å². The SMILES string of the molecule is CC(C)c1ccccc1N(CC(=O)N(Cc1ccccc1F)C(Cc1ccccc1)C(=O)NC1CCCCC1)S(C)(=O)=O. The summed E-state index contributed by atoms with van der Waals surface area (Å²) >= 11 is 0. The Hall–Kier alpha value is -3.72. The number of benzene rings is 3. The Morgan fingerprint density at radius 2 is 1.53 bits per heavy atom. The van der Waals surface area contributed by atoms with Crippen LogP contribution in [0.3, 0.4) is 0 Å². The highest BCUT2D eigenvalue weighted by Gasteiger charge is 2.35. The van der Waals surface area contributed by atoms with E-state index in [9.17, 15) is 22.4 Å². The van der Waals surface area contributed by atoms with E-state index in [1.807, 2.05) is 56.3 Å². The predicted octanol–water partition coefficient (Wildman–Crippen LogP) is 5.80. The molecule has 0 saturated heterocycles. The third-order valence-corrected chi connectivity index (χ3v) is 9.15. The monoisotopic (exact) mass is 607 g/mol. The zero-order valence-electron chi connectivity index (χ0n) is 25.2. The maximum atomic E-state index is 15.0.